The predicted octanol–water partition coefficient (Wildman–Crippen LogP) is 3.67. The predicted molar refractivity (Wildman–Crippen MR) is 78.0 cm³/mol. The number of nitrogens with one attached hydrogen (secondary N) is 1. The second kappa shape index (κ2) is 7.27. The molecule has 1 fully saturated rings. The lowest BCUT2D eigenvalue weighted by molar-refractivity contribution is -0.137. The molecule has 118 valence electrons. The number of rotatable bonds is 4. The lowest BCUT2D eigenvalue weighted by atomic mass is 10.1. The van der Waals surface area contributed by atoms with Crippen molar-refractivity contribution in [1.82, 2.24) is 10.2 Å². The second-order valence-corrected chi connectivity index (χ2v) is 5.64. The van der Waals surface area contributed by atoms with E-state index < -0.39 is 11.7 Å². The first-order valence-electron chi connectivity index (χ1n) is 7.61. The molecule has 0 aromatic heterocycles. The highest BCUT2D eigenvalue weighted by Crippen LogP contribution is 2.29. The molecule has 2 nitrogen and oxygen atoms in total. The molecule has 1 aliphatic heterocycles. The van der Waals surface area contributed by atoms with Crippen LogP contribution >= 0.6 is 0 Å². The van der Waals surface area contributed by atoms with E-state index in [0.717, 1.165) is 45.0 Å². The highest BCUT2D eigenvalue weighted by Gasteiger charge is 2.30. The van der Waals surface area contributed by atoms with E-state index in [1.807, 2.05) is 0 Å². The Bertz CT molecular complexity index is 445. The summed E-state index contributed by atoms with van der Waals surface area (Å²) in [4.78, 5) is 2.42. The third-order valence-electron chi connectivity index (χ3n) is 4.12. The summed E-state index contributed by atoms with van der Waals surface area (Å²) in [5.41, 5.74) is 0.126. The Labute approximate surface area is 124 Å². The largest absolute Gasteiger partial charge is 0.416 e. The Hall–Kier alpha value is -1.07. The molecule has 0 aliphatic carbocycles. The van der Waals surface area contributed by atoms with Crippen LogP contribution in [0.3, 0.4) is 0 Å². The monoisotopic (exact) mass is 300 g/mol. The summed E-state index contributed by atoms with van der Waals surface area (Å²) in [5, 5.41) is 3.41. The van der Waals surface area contributed by atoms with Gasteiger partial charge >= 0.3 is 6.18 Å². The fraction of sp³-hybridized carbons (Fsp3) is 0.625. The smallest absolute Gasteiger partial charge is 0.310 e. The molecule has 1 heterocycles. The number of benzene rings is 1. The second-order valence-electron chi connectivity index (χ2n) is 5.64. The van der Waals surface area contributed by atoms with E-state index in [-0.39, 0.29) is 0 Å². The van der Waals surface area contributed by atoms with E-state index in [0.29, 0.717) is 18.2 Å². The Balaban J connectivity index is 1.88. The van der Waals surface area contributed by atoms with Crippen LogP contribution in [0.25, 0.3) is 0 Å². The summed E-state index contributed by atoms with van der Waals surface area (Å²) < 4.78 is 38.0. The maximum atomic E-state index is 12.7. The van der Waals surface area contributed by atoms with Crippen LogP contribution in [0.15, 0.2) is 24.3 Å². The Morgan fingerprint density at radius 3 is 2.76 bits per heavy atom. The minimum absolute atomic E-state index is 0.399. The number of likely N-dealkylation sites (tertiary alicyclic amines) is 1. The zero-order valence-electron chi connectivity index (χ0n) is 12.4. The minimum Gasteiger partial charge on any atom is -0.310 e. The zero-order valence-corrected chi connectivity index (χ0v) is 12.4. The first kappa shape index (κ1) is 16.3. The fourth-order valence-electron chi connectivity index (χ4n) is 2.80. The zero-order chi connectivity index (χ0) is 15.3. The van der Waals surface area contributed by atoms with Gasteiger partial charge in [0.1, 0.15) is 0 Å². The molecule has 2 rings (SSSR count). The average molecular weight is 300 g/mol. The maximum Gasteiger partial charge on any atom is 0.416 e. The number of hydrogen-bond acceptors (Lipinski definition) is 2. The summed E-state index contributed by atoms with van der Waals surface area (Å²) >= 11 is 0. The van der Waals surface area contributed by atoms with E-state index in [2.05, 4.69) is 17.1 Å². The molecule has 0 bridgehead atoms. The van der Waals surface area contributed by atoms with Gasteiger partial charge in [-0.3, -0.25) is 0 Å². The SMILES string of the molecule is CCN1CCCC(NCc2cccc(C(F)(F)F)c2)CC1. The van der Waals surface area contributed by atoms with Gasteiger partial charge in [0, 0.05) is 12.6 Å². The summed E-state index contributed by atoms with van der Waals surface area (Å²) in [6.45, 7) is 5.92. The van der Waals surface area contributed by atoms with Gasteiger partial charge in [-0.1, -0.05) is 25.1 Å². The molecule has 0 spiro atoms. The first-order chi connectivity index (χ1) is 9.99. The highest BCUT2D eigenvalue weighted by molar-refractivity contribution is 5.25. The molecular formula is C16H23F3N2. The van der Waals surface area contributed by atoms with Crippen molar-refractivity contribution in [3.8, 4) is 0 Å². The number of alkyl halides is 3. The van der Waals surface area contributed by atoms with Gasteiger partial charge in [-0.25, -0.2) is 0 Å². The molecule has 1 N–H and O–H groups in total. The van der Waals surface area contributed by atoms with Crippen molar-refractivity contribution in [2.24, 2.45) is 0 Å². The molecule has 1 aromatic carbocycles. The van der Waals surface area contributed by atoms with Crippen molar-refractivity contribution < 1.29 is 13.2 Å². The van der Waals surface area contributed by atoms with Crippen LogP contribution in [0.4, 0.5) is 13.2 Å². The third-order valence-corrected chi connectivity index (χ3v) is 4.12. The van der Waals surface area contributed by atoms with E-state index in [1.54, 1.807) is 6.07 Å². The van der Waals surface area contributed by atoms with Gasteiger partial charge in [0.05, 0.1) is 5.56 Å². The Morgan fingerprint density at radius 2 is 2.05 bits per heavy atom. The van der Waals surface area contributed by atoms with Crippen LogP contribution in [0.1, 0.15) is 37.3 Å². The molecule has 21 heavy (non-hydrogen) atoms. The van der Waals surface area contributed by atoms with Crippen LogP contribution in [-0.4, -0.2) is 30.6 Å². The van der Waals surface area contributed by atoms with Crippen molar-refractivity contribution in [2.75, 3.05) is 19.6 Å². The van der Waals surface area contributed by atoms with Gasteiger partial charge < -0.3 is 10.2 Å². The van der Waals surface area contributed by atoms with Crippen LogP contribution in [0.2, 0.25) is 0 Å². The quantitative estimate of drug-likeness (QED) is 0.912. The molecule has 0 saturated carbocycles. The van der Waals surface area contributed by atoms with E-state index >= 15 is 0 Å². The fourth-order valence-corrected chi connectivity index (χ4v) is 2.80. The van der Waals surface area contributed by atoms with Gasteiger partial charge in [0.2, 0.25) is 0 Å². The van der Waals surface area contributed by atoms with Gasteiger partial charge in [0.25, 0.3) is 0 Å². The highest BCUT2D eigenvalue weighted by atomic mass is 19.4. The van der Waals surface area contributed by atoms with Crippen molar-refractivity contribution >= 4 is 0 Å². The van der Waals surface area contributed by atoms with E-state index in [4.69, 9.17) is 0 Å². The first-order valence-corrected chi connectivity index (χ1v) is 7.61. The molecule has 1 aromatic rings. The molecule has 5 heteroatoms. The summed E-state index contributed by atoms with van der Waals surface area (Å²) in [5.74, 6) is 0. The molecule has 0 amide bonds. The van der Waals surface area contributed by atoms with Crippen molar-refractivity contribution in [3.05, 3.63) is 35.4 Å². The summed E-state index contributed by atoms with van der Waals surface area (Å²) in [7, 11) is 0. The summed E-state index contributed by atoms with van der Waals surface area (Å²) in [6.07, 6.45) is -0.962. The Kier molecular flexibility index (Phi) is 5.65. The van der Waals surface area contributed by atoms with Gasteiger partial charge in [0.15, 0.2) is 0 Å². The molecule has 0 radical (unpaired) electrons. The standard InChI is InChI=1S/C16H23F3N2/c1-2-21-9-4-7-15(8-10-21)20-12-13-5-3-6-14(11-13)16(17,18)19/h3,5-6,11,15,20H,2,4,7-10,12H2,1H3. The van der Waals surface area contributed by atoms with Crippen LogP contribution in [0.5, 0.6) is 0 Å². The van der Waals surface area contributed by atoms with E-state index in [9.17, 15) is 13.2 Å². The van der Waals surface area contributed by atoms with Crippen LogP contribution in [0, 0.1) is 0 Å². The number of hydrogen-bond donors (Lipinski definition) is 1. The molecule has 1 saturated heterocycles. The maximum absolute atomic E-state index is 12.7. The van der Waals surface area contributed by atoms with Crippen molar-refractivity contribution in [1.29, 1.82) is 0 Å². The number of halogens is 3. The third kappa shape index (κ3) is 5.00. The van der Waals surface area contributed by atoms with E-state index in [1.165, 1.54) is 12.1 Å². The molecule has 1 atom stereocenters. The van der Waals surface area contributed by atoms with Crippen LogP contribution < -0.4 is 5.32 Å². The normalized spacial score (nSPS) is 21.2. The van der Waals surface area contributed by atoms with Crippen molar-refractivity contribution in [3.63, 3.8) is 0 Å². The van der Waals surface area contributed by atoms with Gasteiger partial charge in [-0.05, 0) is 50.5 Å². The summed E-state index contributed by atoms with van der Waals surface area (Å²) in [6, 6.07) is 5.98. The van der Waals surface area contributed by atoms with Crippen LogP contribution in [-0.2, 0) is 12.7 Å². The number of nitrogens with zero attached hydrogens (tertiary/aromatic N) is 1. The van der Waals surface area contributed by atoms with Crippen molar-refractivity contribution in [2.45, 2.75) is 44.9 Å². The lowest BCUT2D eigenvalue weighted by Gasteiger charge is -2.18. The molecule has 1 unspecified atom stereocenters. The Morgan fingerprint density at radius 1 is 1.24 bits per heavy atom. The minimum atomic E-state index is -4.26. The van der Waals surface area contributed by atoms with Gasteiger partial charge in [-0.2, -0.15) is 13.2 Å². The lowest BCUT2D eigenvalue weighted by Crippen LogP contribution is -2.30. The topological polar surface area (TPSA) is 15.3 Å². The average Bonchev–Trinajstić information content (AvgIpc) is 2.69. The van der Waals surface area contributed by atoms with Gasteiger partial charge in [-0.15, -0.1) is 0 Å². The molecular weight excluding hydrogens is 277 g/mol. The molecule has 1 aliphatic rings.